The van der Waals surface area contributed by atoms with E-state index in [4.69, 9.17) is 4.42 Å². The van der Waals surface area contributed by atoms with Crippen molar-refractivity contribution in [3.05, 3.63) is 99.5 Å². The molecule has 0 spiro atoms. The summed E-state index contributed by atoms with van der Waals surface area (Å²) < 4.78 is 20.8. The zero-order valence-corrected chi connectivity index (χ0v) is 17.0. The maximum Gasteiger partial charge on any atom is 0.262 e. The molecule has 1 aromatic heterocycles. The van der Waals surface area contributed by atoms with Crippen LogP contribution in [0, 0.1) is 12.7 Å². The van der Waals surface area contributed by atoms with Crippen LogP contribution in [0.1, 0.15) is 27.9 Å². The topological polar surface area (TPSA) is 50.5 Å². The van der Waals surface area contributed by atoms with Crippen molar-refractivity contribution in [2.24, 2.45) is 0 Å². The smallest absolute Gasteiger partial charge is 0.262 e. The molecule has 31 heavy (non-hydrogen) atoms. The summed E-state index contributed by atoms with van der Waals surface area (Å²) in [5.74, 6) is -0.362. The molecule has 0 aliphatic carbocycles. The zero-order chi connectivity index (χ0) is 21.5. The number of fused-ring (bicyclic) bond motifs is 2. The summed E-state index contributed by atoms with van der Waals surface area (Å²) in [5.41, 5.74) is 2.66. The first-order valence-corrected chi connectivity index (χ1v) is 10.3. The molecule has 4 aromatic rings. The van der Waals surface area contributed by atoms with Crippen LogP contribution in [0.2, 0.25) is 0 Å². The Labute approximate surface area is 178 Å². The third-order valence-corrected chi connectivity index (χ3v) is 5.82. The average Bonchev–Trinajstić information content (AvgIpc) is 2.81. The molecule has 2 heterocycles. The lowest BCUT2D eigenvalue weighted by atomic mass is 9.99. The van der Waals surface area contributed by atoms with Crippen LogP contribution in [0.4, 0.5) is 10.1 Å². The Morgan fingerprint density at radius 1 is 1.00 bits per heavy atom. The molecule has 1 aliphatic heterocycles. The fourth-order valence-electron chi connectivity index (χ4n) is 4.29. The number of para-hydroxylation sites is 2. The van der Waals surface area contributed by atoms with Crippen LogP contribution in [-0.4, -0.2) is 12.5 Å². The Morgan fingerprint density at radius 3 is 2.58 bits per heavy atom. The minimum atomic E-state index is -0.423. The van der Waals surface area contributed by atoms with E-state index in [1.54, 1.807) is 31.2 Å². The van der Waals surface area contributed by atoms with Crippen molar-refractivity contribution in [2.75, 3.05) is 11.4 Å². The first kappa shape index (κ1) is 19.2. The maximum atomic E-state index is 14.6. The second kappa shape index (κ2) is 7.51. The van der Waals surface area contributed by atoms with Crippen molar-refractivity contribution in [2.45, 2.75) is 19.8 Å². The zero-order valence-electron chi connectivity index (χ0n) is 17.0. The van der Waals surface area contributed by atoms with Crippen LogP contribution in [0.5, 0.6) is 0 Å². The molecule has 4 nitrogen and oxygen atoms in total. The molecular formula is C26H20FNO3. The maximum absolute atomic E-state index is 14.6. The molecule has 3 aromatic carbocycles. The first-order valence-electron chi connectivity index (χ1n) is 10.3. The fourth-order valence-corrected chi connectivity index (χ4v) is 4.29. The van der Waals surface area contributed by atoms with Gasteiger partial charge in [0.15, 0.2) is 11.0 Å². The van der Waals surface area contributed by atoms with Gasteiger partial charge in [0.1, 0.15) is 11.6 Å². The second-order valence-corrected chi connectivity index (χ2v) is 7.74. The van der Waals surface area contributed by atoms with E-state index in [0.717, 1.165) is 24.0 Å². The number of aryl methyl sites for hydroxylation is 1. The highest BCUT2D eigenvalue weighted by Crippen LogP contribution is 2.33. The van der Waals surface area contributed by atoms with Crippen molar-refractivity contribution < 1.29 is 13.6 Å². The van der Waals surface area contributed by atoms with E-state index in [2.05, 4.69) is 0 Å². The highest BCUT2D eigenvalue weighted by atomic mass is 19.1. The van der Waals surface area contributed by atoms with E-state index in [1.165, 1.54) is 11.0 Å². The lowest BCUT2D eigenvalue weighted by Crippen LogP contribution is -2.36. The molecular weight excluding hydrogens is 393 g/mol. The monoisotopic (exact) mass is 413 g/mol. The SMILES string of the molecule is Cc1c(-c2ccccc2)oc2c(C(=O)N3CCCc4cccc(F)c43)cccc2c1=O. The van der Waals surface area contributed by atoms with E-state index in [9.17, 15) is 14.0 Å². The van der Waals surface area contributed by atoms with Gasteiger partial charge in [-0.2, -0.15) is 0 Å². The Morgan fingerprint density at radius 2 is 1.77 bits per heavy atom. The molecule has 0 unspecified atom stereocenters. The van der Waals surface area contributed by atoms with Gasteiger partial charge in [-0.1, -0.05) is 48.5 Å². The van der Waals surface area contributed by atoms with Crippen LogP contribution in [0.3, 0.4) is 0 Å². The number of carbonyl (C=O) groups is 1. The Bertz CT molecular complexity index is 1380. The van der Waals surface area contributed by atoms with Gasteiger partial charge in [0.2, 0.25) is 0 Å². The number of carbonyl (C=O) groups excluding carboxylic acids is 1. The van der Waals surface area contributed by atoms with Gasteiger partial charge in [-0.3, -0.25) is 9.59 Å². The van der Waals surface area contributed by atoms with Gasteiger partial charge in [-0.05, 0) is 43.5 Å². The molecule has 0 saturated heterocycles. The minimum Gasteiger partial charge on any atom is -0.455 e. The van der Waals surface area contributed by atoms with Crippen LogP contribution in [0.25, 0.3) is 22.3 Å². The van der Waals surface area contributed by atoms with E-state index in [0.29, 0.717) is 28.9 Å². The van der Waals surface area contributed by atoms with Gasteiger partial charge in [0.05, 0.1) is 16.6 Å². The highest BCUT2D eigenvalue weighted by molar-refractivity contribution is 6.13. The molecule has 0 N–H and O–H groups in total. The highest BCUT2D eigenvalue weighted by Gasteiger charge is 2.28. The lowest BCUT2D eigenvalue weighted by molar-refractivity contribution is 0.0984. The van der Waals surface area contributed by atoms with E-state index in [-0.39, 0.29) is 22.5 Å². The number of nitrogens with zero attached hydrogens (tertiary/aromatic N) is 1. The Kier molecular flexibility index (Phi) is 4.66. The number of rotatable bonds is 2. The predicted octanol–water partition coefficient (Wildman–Crippen LogP) is 5.50. The molecule has 5 heteroatoms. The van der Waals surface area contributed by atoms with Crippen molar-refractivity contribution in [3.63, 3.8) is 0 Å². The third-order valence-electron chi connectivity index (χ3n) is 5.82. The second-order valence-electron chi connectivity index (χ2n) is 7.74. The molecule has 154 valence electrons. The minimum absolute atomic E-state index is 0.181. The number of anilines is 1. The molecule has 1 amide bonds. The molecule has 0 saturated carbocycles. The molecule has 0 fully saturated rings. The van der Waals surface area contributed by atoms with Gasteiger partial charge in [0, 0.05) is 17.7 Å². The van der Waals surface area contributed by atoms with Gasteiger partial charge in [0.25, 0.3) is 5.91 Å². The summed E-state index contributed by atoms with van der Waals surface area (Å²) in [6.45, 7) is 2.13. The van der Waals surface area contributed by atoms with Crippen molar-refractivity contribution in [3.8, 4) is 11.3 Å². The van der Waals surface area contributed by atoms with Crippen molar-refractivity contribution >= 4 is 22.6 Å². The molecule has 1 aliphatic rings. The lowest BCUT2D eigenvalue weighted by Gasteiger charge is -2.30. The van der Waals surface area contributed by atoms with Crippen molar-refractivity contribution in [1.82, 2.24) is 0 Å². The summed E-state index contributed by atoms with van der Waals surface area (Å²) in [5, 5.41) is 0.341. The number of hydrogen-bond acceptors (Lipinski definition) is 3. The fraction of sp³-hybridized carbons (Fsp3) is 0.154. The van der Waals surface area contributed by atoms with E-state index >= 15 is 0 Å². The third kappa shape index (κ3) is 3.13. The van der Waals surface area contributed by atoms with Gasteiger partial charge < -0.3 is 9.32 Å². The van der Waals surface area contributed by atoms with Crippen LogP contribution in [0.15, 0.2) is 75.9 Å². The Hall–Kier alpha value is -3.73. The number of halogens is 1. The molecule has 0 radical (unpaired) electrons. The summed E-state index contributed by atoms with van der Waals surface area (Å²) in [7, 11) is 0. The predicted molar refractivity (Wildman–Crippen MR) is 119 cm³/mol. The first-order chi connectivity index (χ1) is 15.1. The van der Waals surface area contributed by atoms with E-state index in [1.807, 2.05) is 36.4 Å². The number of amides is 1. The normalized spacial score (nSPS) is 13.3. The summed E-state index contributed by atoms with van der Waals surface area (Å²) in [6.07, 6.45) is 1.46. The van der Waals surface area contributed by atoms with Crippen LogP contribution >= 0.6 is 0 Å². The summed E-state index contributed by atoms with van der Waals surface area (Å²) in [4.78, 5) is 28.1. The van der Waals surface area contributed by atoms with Crippen LogP contribution < -0.4 is 10.3 Å². The Balaban J connectivity index is 1.71. The molecule has 0 bridgehead atoms. The number of hydrogen-bond donors (Lipinski definition) is 0. The molecule has 5 rings (SSSR count). The quantitative estimate of drug-likeness (QED) is 0.436. The van der Waals surface area contributed by atoms with Gasteiger partial charge in [-0.15, -0.1) is 0 Å². The summed E-state index contributed by atoms with van der Waals surface area (Å²) >= 11 is 0. The van der Waals surface area contributed by atoms with Gasteiger partial charge >= 0.3 is 0 Å². The largest absolute Gasteiger partial charge is 0.455 e. The van der Waals surface area contributed by atoms with Crippen LogP contribution in [-0.2, 0) is 6.42 Å². The standard InChI is InChI=1S/C26H20FNO3/c1-16-23(29)19-12-6-13-20(25(19)31-24(16)18-8-3-2-4-9-18)26(30)28-15-7-11-17-10-5-14-21(27)22(17)28/h2-6,8-10,12-14H,7,11,15H2,1H3. The summed E-state index contributed by atoms with van der Waals surface area (Å²) in [6, 6.07) is 19.2. The van der Waals surface area contributed by atoms with E-state index < -0.39 is 5.82 Å². The number of benzene rings is 3. The van der Waals surface area contributed by atoms with Gasteiger partial charge in [-0.25, -0.2) is 4.39 Å². The molecule has 0 atom stereocenters. The van der Waals surface area contributed by atoms with Crippen molar-refractivity contribution in [1.29, 1.82) is 0 Å². The average molecular weight is 413 g/mol.